The quantitative estimate of drug-likeness (QED) is 0.705. The van der Waals surface area contributed by atoms with Gasteiger partial charge in [0.2, 0.25) is 11.8 Å². The summed E-state index contributed by atoms with van der Waals surface area (Å²) in [6.07, 6.45) is 5.56. The molecule has 0 aromatic carbocycles. The second kappa shape index (κ2) is 7.07. The molecule has 2 heterocycles. The van der Waals surface area contributed by atoms with Crippen LogP contribution in [0.1, 0.15) is 38.5 Å². The van der Waals surface area contributed by atoms with Gasteiger partial charge in [-0.15, -0.1) is 0 Å². The van der Waals surface area contributed by atoms with E-state index in [1.807, 2.05) is 9.80 Å². The molecule has 2 amide bonds. The number of hydrogen-bond donors (Lipinski definition) is 0. The molecule has 0 radical (unpaired) electrons. The predicted octanol–water partition coefficient (Wildman–Crippen LogP) is 0.942. The summed E-state index contributed by atoms with van der Waals surface area (Å²) in [6, 6.07) is -0.174. The largest absolute Gasteiger partial charge is 0.340 e. The van der Waals surface area contributed by atoms with Crippen LogP contribution in [0.15, 0.2) is 0 Å². The second-order valence-corrected chi connectivity index (χ2v) is 6.18. The molecule has 0 aromatic heterocycles. The molecule has 5 nitrogen and oxygen atoms in total. The smallest absolute Gasteiger partial charge is 0.245 e. The van der Waals surface area contributed by atoms with Crippen LogP contribution >= 0.6 is 0 Å². The van der Waals surface area contributed by atoms with E-state index < -0.39 is 0 Å². The number of rotatable bonds is 5. The fourth-order valence-corrected chi connectivity index (χ4v) is 3.13. The molecule has 20 heavy (non-hydrogen) atoms. The lowest BCUT2D eigenvalue weighted by Crippen LogP contribution is -2.49. The number of unbranched alkanes of at least 4 members (excludes halogenated alkanes) is 1. The van der Waals surface area contributed by atoms with Crippen LogP contribution in [0.5, 0.6) is 0 Å². The van der Waals surface area contributed by atoms with Gasteiger partial charge in [-0.05, 0) is 52.7 Å². The third-order valence-electron chi connectivity index (χ3n) is 4.30. The van der Waals surface area contributed by atoms with E-state index >= 15 is 0 Å². The van der Waals surface area contributed by atoms with Gasteiger partial charge in [-0.1, -0.05) is 0 Å². The standard InChI is InChI=1S/C15H27N3O2/c1-16(2)9-5-6-10-17-12-8-14(19)18-11-4-3-7-13(18)15(17)20/h13H,3-12H2,1-2H3. The van der Waals surface area contributed by atoms with Crippen molar-refractivity contribution in [3.63, 3.8) is 0 Å². The molecule has 1 unspecified atom stereocenters. The van der Waals surface area contributed by atoms with E-state index in [1.54, 1.807) is 0 Å². The Balaban J connectivity index is 1.90. The number of piperidine rings is 1. The maximum atomic E-state index is 12.6. The van der Waals surface area contributed by atoms with Crippen molar-refractivity contribution in [3.05, 3.63) is 0 Å². The molecular formula is C15H27N3O2. The number of fused-ring (bicyclic) bond motifs is 1. The van der Waals surface area contributed by atoms with Gasteiger partial charge >= 0.3 is 0 Å². The van der Waals surface area contributed by atoms with Gasteiger partial charge < -0.3 is 14.7 Å². The van der Waals surface area contributed by atoms with Crippen LogP contribution in [-0.4, -0.2) is 72.8 Å². The minimum absolute atomic E-state index is 0.166. The molecule has 114 valence electrons. The van der Waals surface area contributed by atoms with Gasteiger partial charge in [0.15, 0.2) is 0 Å². The fraction of sp³-hybridized carbons (Fsp3) is 0.867. The van der Waals surface area contributed by atoms with E-state index in [4.69, 9.17) is 0 Å². The van der Waals surface area contributed by atoms with Crippen LogP contribution in [0, 0.1) is 0 Å². The fourth-order valence-electron chi connectivity index (χ4n) is 3.13. The summed E-state index contributed by atoms with van der Waals surface area (Å²) in [5.74, 6) is 0.347. The zero-order valence-electron chi connectivity index (χ0n) is 12.8. The number of amides is 2. The Morgan fingerprint density at radius 2 is 1.95 bits per heavy atom. The first-order valence-electron chi connectivity index (χ1n) is 7.82. The second-order valence-electron chi connectivity index (χ2n) is 6.18. The highest BCUT2D eigenvalue weighted by atomic mass is 16.2. The first-order chi connectivity index (χ1) is 9.59. The molecule has 0 bridgehead atoms. The van der Waals surface area contributed by atoms with Crippen molar-refractivity contribution in [1.29, 1.82) is 0 Å². The first-order valence-corrected chi connectivity index (χ1v) is 7.82. The van der Waals surface area contributed by atoms with Gasteiger partial charge in [0.05, 0.1) is 0 Å². The van der Waals surface area contributed by atoms with E-state index in [2.05, 4.69) is 19.0 Å². The number of carbonyl (C=O) groups excluding carboxylic acids is 2. The molecular weight excluding hydrogens is 254 g/mol. The summed E-state index contributed by atoms with van der Waals surface area (Å²) in [4.78, 5) is 30.6. The van der Waals surface area contributed by atoms with Gasteiger partial charge in [0, 0.05) is 26.1 Å². The van der Waals surface area contributed by atoms with Crippen LogP contribution in [0.2, 0.25) is 0 Å². The highest BCUT2D eigenvalue weighted by Crippen LogP contribution is 2.23. The Hall–Kier alpha value is -1.10. The minimum atomic E-state index is -0.174. The summed E-state index contributed by atoms with van der Waals surface area (Å²) in [6.45, 7) is 3.22. The Bertz CT molecular complexity index is 357. The monoisotopic (exact) mass is 281 g/mol. The number of nitrogens with zero attached hydrogens (tertiary/aromatic N) is 3. The van der Waals surface area contributed by atoms with Gasteiger partial charge in [-0.2, -0.15) is 0 Å². The zero-order chi connectivity index (χ0) is 14.5. The summed E-state index contributed by atoms with van der Waals surface area (Å²) < 4.78 is 0. The molecule has 2 saturated heterocycles. The Kier molecular flexibility index (Phi) is 5.40. The highest BCUT2D eigenvalue weighted by Gasteiger charge is 2.37. The topological polar surface area (TPSA) is 43.9 Å². The van der Waals surface area contributed by atoms with Crippen molar-refractivity contribution in [2.75, 3.05) is 40.3 Å². The Morgan fingerprint density at radius 3 is 2.70 bits per heavy atom. The van der Waals surface area contributed by atoms with Crippen molar-refractivity contribution < 1.29 is 9.59 Å². The first kappa shape index (κ1) is 15.3. The van der Waals surface area contributed by atoms with Crippen LogP contribution < -0.4 is 0 Å². The van der Waals surface area contributed by atoms with E-state index in [0.717, 1.165) is 51.7 Å². The summed E-state index contributed by atoms with van der Waals surface area (Å²) in [5.41, 5.74) is 0. The zero-order valence-corrected chi connectivity index (χ0v) is 12.8. The molecule has 0 N–H and O–H groups in total. The number of hydrogen-bond acceptors (Lipinski definition) is 3. The van der Waals surface area contributed by atoms with Crippen molar-refractivity contribution in [2.24, 2.45) is 0 Å². The molecule has 0 spiro atoms. The van der Waals surface area contributed by atoms with Gasteiger partial charge in [-0.25, -0.2) is 0 Å². The predicted molar refractivity (Wildman–Crippen MR) is 78.3 cm³/mol. The lowest BCUT2D eigenvalue weighted by atomic mass is 10.0. The van der Waals surface area contributed by atoms with Gasteiger partial charge in [-0.3, -0.25) is 9.59 Å². The summed E-state index contributed by atoms with van der Waals surface area (Å²) in [5, 5.41) is 0. The third kappa shape index (κ3) is 3.72. The van der Waals surface area contributed by atoms with E-state index in [0.29, 0.717) is 13.0 Å². The van der Waals surface area contributed by atoms with Crippen LogP contribution in [-0.2, 0) is 9.59 Å². The average Bonchev–Trinajstić information content (AvgIpc) is 2.55. The normalized spacial score (nSPS) is 24.1. The van der Waals surface area contributed by atoms with Crippen molar-refractivity contribution in [2.45, 2.75) is 44.6 Å². The SMILES string of the molecule is CN(C)CCCCN1CCC(=O)N2CCCCC2C1=O. The Morgan fingerprint density at radius 1 is 1.15 bits per heavy atom. The summed E-state index contributed by atoms with van der Waals surface area (Å²) in [7, 11) is 4.13. The molecule has 2 aliphatic rings. The molecule has 2 aliphatic heterocycles. The van der Waals surface area contributed by atoms with E-state index in [1.165, 1.54) is 0 Å². The molecule has 1 atom stereocenters. The van der Waals surface area contributed by atoms with Crippen molar-refractivity contribution >= 4 is 11.8 Å². The van der Waals surface area contributed by atoms with Gasteiger partial charge in [0.1, 0.15) is 6.04 Å². The summed E-state index contributed by atoms with van der Waals surface area (Å²) >= 11 is 0. The molecule has 0 aliphatic carbocycles. The van der Waals surface area contributed by atoms with Gasteiger partial charge in [0.25, 0.3) is 0 Å². The van der Waals surface area contributed by atoms with Crippen LogP contribution in [0.25, 0.3) is 0 Å². The lowest BCUT2D eigenvalue weighted by Gasteiger charge is -2.34. The van der Waals surface area contributed by atoms with Crippen LogP contribution in [0.4, 0.5) is 0 Å². The maximum Gasteiger partial charge on any atom is 0.245 e. The minimum Gasteiger partial charge on any atom is -0.340 e. The maximum absolute atomic E-state index is 12.6. The van der Waals surface area contributed by atoms with E-state index in [9.17, 15) is 9.59 Å². The number of carbonyl (C=O) groups is 2. The van der Waals surface area contributed by atoms with Crippen molar-refractivity contribution in [3.8, 4) is 0 Å². The third-order valence-corrected chi connectivity index (χ3v) is 4.30. The molecule has 0 saturated carbocycles. The van der Waals surface area contributed by atoms with Crippen molar-refractivity contribution in [1.82, 2.24) is 14.7 Å². The molecule has 2 fully saturated rings. The molecule has 2 rings (SSSR count). The molecule has 0 aromatic rings. The van der Waals surface area contributed by atoms with E-state index in [-0.39, 0.29) is 17.9 Å². The highest BCUT2D eigenvalue weighted by molar-refractivity contribution is 5.90. The average molecular weight is 281 g/mol. The lowest BCUT2D eigenvalue weighted by molar-refractivity contribution is -0.143. The molecule has 5 heteroatoms. The Labute approximate surface area is 121 Å². The van der Waals surface area contributed by atoms with Crippen LogP contribution in [0.3, 0.4) is 0 Å².